The zero-order valence-electron chi connectivity index (χ0n) is 19.9. The van der Waals surface area contributed by atoms with Gasteiger partial charge < -0.3 is 25.2 Å². The molecule has 8 nitrogen and oxygen atoms in total. The Hall–Kier alpha value is -3.39. The number of carboxylic acid groups (broad SMARTS) is 1. The second-order valence-corrected chi connectivity index (χ2v) is 9.17. The number of ether oxygens (including phenoxy) is 2. The second kappa shape index (κ2) is 11.4. The predicted octanol–water partition coefficient (Wildman–Crippen LogP) is 3.55. The topological polar surface area (TPSA) is 114 Å². The van der Waals surface area contributed by atoms with Crippen LogP contribution in [0.25, 0.3) is 11.1 Å². The van der Waals surface area contributed by atoms with Gasteiger partial charge in [0.25, 0.3) is 0 Å². The van der Waals surface area contributed by atoms with Crippen LogP contribution in [-0.4, -0.2) is 55.5 Å². The third kappa shape index (κ3) is 5.82. The summed E-state index contributed by atoms with van der Waals surface area (Å²) in [6.45, 7) is 3.18. The first-order valence-electron chi connectivity index (χ1n) is 12.2. The van der Waals surface area contributed by atoms with Crippen molar-refractivity contribution in [3.05, 3.63) is 59.7 Å². The molecule has 35 heavy (non-hydrogen) atoms. The average molecular weight is 481 g/mol. The molecule has 2 amide bonds. The maximum absolute atomic E-state index is 12.4. The largest absolute Gasteiger partial charge is 0.479 e. The molecule has 0 radical (unpaired) electrons. The number of carbonyl (C=O) groups is 3. The summed E-state index contributed by atoms with van der Waals surface area (Å²) in [5.41, 5.74) is 4.66. The maximum atomic E-state index is 12.4. The molecule has 0 aromatic heterocycles. The fourth-order valence-electron chi connectivity index (χ4n) is 4.93. The summed E-state index contributed by atoms with van der Waals surface area (Å²) in [5, 5.41) is 14.8. The van der Waals surface area contributed by atoms with E-state index in [1.807, 2.05) is 31.2 Å². The molecule has 1 saturated heterocycles. The molecule has 3 unspecified atom stereocenters. The molecule has 2 aromatic carbocycles. The normalized spacial score (nSPS) is 19.5. The molecule has 3 N–H and O–H groups in total. The van der Waals surface area contributed by atoms with Gasteiger partial charge in [0.15, 0.2) is 6.10 Å². The fraction of sp³-hybridized carbons (Fsp3) is 0.444. The number of carboxylic acids is 1. The minimum atomic E-state index is -1.000. The van der Waals surface area contributed by atoms with Crippen molar-refractivity contribution >= 4 is 18.0 Å². The summed E-state index contributed by atoms with van der Waals surface area (Å²) in [6.07, 6.45) is 0.190. The minimum Gasteiger partial charge on any atom is -0.479 e. The molecule has 1 heterocycles. The van der Waals surface area contributed by atoms with Crippen molar-refractivity contribution in [1.29, 1.82) is 0 Å². The number of alkyl carbamates (subject to hydrolysis) is 1. The standard InChI is InChI=1S/C27H32N2O6/c1-2-17(13-24(30)28-15-18-11-12-34-25(18)26(31)32)14-29-27(33)35-16-23-21-9-5-3-7-19(21)20-8-4-6-10-22(20)23/h3-10,17-18,23,25H,2,11-16H2,1H3,(H,28,30)(H,29,33)(H,31,32). The van der Waals surface area contributed by atoms with E-state index in [4.69, 9.17) is 9.47 Å². The first-order valence-corrected chi connectivity index (χ1v) is 12.2. The summed E-state index contributed by atoms with van der Waals surface area (Å²) >= 11 is 0. The Bertz CT molecular complexity index is 1030. The van der Waals surface area contributed by atoms with Crippen LogP contribution in [0.15, 0.2) is 48.5 Å². The van der Waals surface area contributed by atoms with Crippen LogP contribution in [0.5, 0.6) is 0 Å². The smallest absolute Gasteiger partial charge is 0.407 e. The highest BCUT2D eigenvalue weighted by Gasteiger charge is 2.34. The molecule has 8 heteroatoms. The van der Waals surface area contributed by atoms with Gasteiger partial charge in [-0.15, -0.1) is 0 Å². The van der Waals surface area contributed by atoms with E-state index in [1.54, 1.807) is 0 Å². The number of amides is 2. The predicted molar refractivity (Wildman–Crippen MR) is 130 cm³/mol. The lowest BCUT2D eigenvalue weighted by atomic mass is 9.98. The molecular formula is C27H32N2O6. The molecular weight excluding hydrogens is 448 g/mol. The van der Waals surface area contributed by atoms with E-state index in [-0.39, 0.29) is 43.2 Å². The van der Waals surface area contributed by atoms with Gasteiger partial charge in [0.2, 0.25) is 5.91 Å². The van der Waals surface area contributed by atoms with Gasteiger partial charge in [-0.25, -0.2) is 9.59 Å². The van der Waals surface area contributed by atoms with Crippen LogP contribution in [0.3, 0.4) is 0 Å². The van der Waals surface area contributed by atoms with Crippen LogP contribution in [-0.2, 0) is 19.1 Å². The quantitative estimate of drug-likeness (QED) is 0.479. The highest BCUT2D eigenvalue weighted by atomic mass is 16.5. The number of aliphatic carboxylic acids is 1. The van der Waals surface area contributed by atoms with Crippen molar-refractivity contribution in [3.63, 3.8) is 0 Å². The van der Waals surface area contributed by atoms with Crippen LogP contribution >= 0.6 is 0 Å². The Morgan fingerprint density at radius 3 is 2.34 bits per heavy atom. The maximum Gasteiger partial charge on any atom is 0.407 e. The van der Waals surface area contributed by atoms with Crippen molar-refractivity contribution < 1.29 is 29.0 Å². The highest BCUT2D eigenvalue weighted by Crippen LogP contribution is 2.44. The number of fused-ring (bicyclic) bond motifs is 3. The van der Waals surface area contributed by atoms with Crippen LogP contribution in [0.4, 0.5) is 4.79 Å². The molecule has 1 aliphatic carbocycles. The summed E-state index contributed by atoms with van der Waals surface area (Å²) in [6, 6.07) is 16.3. The lowest BCUT2D eigenvalue weighted by Crippen LogP contribution is -2.38. The van der Waals surface area contributed by atoms with Crippen LogP contribution in [0, 0.1) is 11.8 Å². The number of hydrogen-bond donors (Lipinski definition) is 3. The zero-order valence-corrected chi connectivity index (χ0v) is 19.9. The van der Waals surface area contributed by atoms with Gasteiger partial charge in [0, 0.05) is 38.0 Å². The summed E-state index contributed by atoms with van der Waals surface area (Å²) in [7, 11) is 0. The molecule has 1 fully saturated rings. The van der Waals surface area contributed by atoms with Crippen molar-refractivity contribution in [2.24, 2.45) is 11.8 Å². The Labute approximate surface area is 205 Å². The Balaban J connectivity index is 1.22. The van der Waals surface area contributed by atoms with Crippen molar-refractivity contribution in [1.82, 2.24) is 10.6 Å². The van der Waals surface area contributed by atoms with Crippen molar-refractivity contribution in [3.8, 4) is 11.1 Å². The first kappa shape index (κ1) is 24.7. The fourth-order valence-corrected chi connectivity index (χ4v) is 4.93. The second-order valence-electron chi connectivity index (χ2n) is 9.17. The first-order chi connectivity index (χ1) is 17.0. The van der Waals surface area contributed by atoms with Gasteiger partial charge >= 0.3 is 12.1 Å². The number of benzene rings is 2. The number of hydrogen-bond acceptors (Lipinski definition) is 5. The number of rotatable bonds is 10. The number of carbonyl (C=O) groups excluding carboxylic acids is 2. The van der Waals surface area contributed by atoms with Crippen molar-refractivity contribution in [2.45, 2.75) is 38.2 Å². The van der Waals surface area contributed by atoms with E-state index in [0.29, 0.717) is 26.0 Å². The third-order valence-corrected chi connectivity index (χ3v) is 6.95. The van der Waals surface area contributed by atoms with E-state index in [0.717, 1.165) is 11.1 Å². The van der Waals surface area contributed by atoms with Gasteiger partial charge in [-0.1, -0.05) is 61.9 Å². The summed E-state index contributed by atoms with van der Waals surface area (Å²) < 4.78 is 10.8. The Morgan fingerprint density at radius 1 is 1.06 bits per heavy atom. The monoisotopic (exact) mass is 480 g/mol. The number of nitrogens with one attached hydrogen (secondary N) is 2. The van der Waals surface area contributed by atoms with Crippen LogP contribution in [0.2, 0.25) is 0 Å². The lowest BCUT2D eigenvalue weighted by Gasteiger charge is -2.19. The molecule has 4 rings (SSSR count). The zero-order chi connectivity index (χ0) is 24.8. The van der Waals surface area contributed by atoms with Gasteiger partial charge in [0.1, 0.15) is 6.61 Å². The minimum absolute atomic E-state index is 0.00454. The van der Waals surface area contributed by atoms with E-state index >= 15 is 0 Å². The Kier molecular flexibility index (Phi) is 8.02. The van der Waals surface area contributed by atoms with E-state index < -0.39 is 18.2 Å². The van der Waals surface area contributed by atoms with E-state index in [1.165, 1.54) is 11.1 Å². The molecule has 0 saturated carbocycles. The SMILES string of the molecule is CCC(CNC(=O)OCC1c2ccccc2-c2ccccc21)CC(=O)NCC1CCOC1C(=O)O. The molecule has 0 spiro atoms. The van der Waals surface area contributed by atoms with Gasteiger partial charge in [-0.2, -0.15) is 0 Å². The van der Waals surface area contributed by atoms with Crippen molar-refractivity contribution in [2.75, 3.05) is 26.3 Å². The van der Waals surface area contributed by atoms with Gasteiger partial charge in [-0.05, 0) is 34.6 Å². The summed E-state index contributed by atoms with van der Waals surface area (Å²) in [5.74, 6) is -1.45. The van der Waals surface area contributed by atoms with Crippen LogP contribution in [0.1, 0.15) is 43.2 Å². The molecule has 2 aromatic rings. The lowest BCUT2D eigenvalue weighted by molar-refractivity contribution is -0.149. The highest BCUT2D eigenvalue weighted by molar-refractivity contribution is 5.79. The third-order valence-electron chi connectivity index (χ3n) is 6.95. The summed E-state index contributed by atoms with van der Waals surface area (Å²) in [4.78, 5) is 36.0. The van der Waals surface area contributed by atoms with E-state index in [2.05, 4.69) is 34.9 Å². The molecule has 1 aliphatic heterocycles. The van der Waals surface area contributed by atoms with Gasteiger partial charge in [-0.3, -0.25) is 4.79 Å². The Morgan fingerprint density at radius 2 is 1.71 bits per heavy atom. The van der Waals surface area contributed by atoms with Crippen LogP contribution < -0.4 is 10.6 Å². The molecule has 0 bridgehead atoms. The average Bonchev–Trinajstić information content (AvgIpc) is 3.47. The van der Waals surface area contributed by atoms with E-state index in [9.17, 15) is 19.5 Å². The van der Waals surface area contributed by atoms with Gasteiger partial charge in [0.05, 0.1) is 0 Å². The molecule has 3 atom stereocenters. The molecule has 2 aliphatic rings. The molecule has 186 valence electrons.